The molecule has 0 aromatic carbocycles. The van der Waals surface area contributed by atoms with Gasteiger partial charge in [0.1, 0.15) is 6.04 Å². The van der Waals surface area contributed by atoms with Crippen molar-refractivity contribution < 1.29 is 14.4 Å². The van der Waals surface area contributed by atoms with Crippen LogP contribution in [0.4, 0.5) is 4.79 Å². The minimum atomic E-state index is -0.523. The molecule has 2 aliphatic carbocycles. The van der Waals surface area contributed by atoms with E-state index < -0.39 is 11.9 Å². The number of hydrogen-bond acceptors (Lipinski definition) is 3. The Morgan fingerprint density at radius 2 is 1.65 bits per heavy atom. The Morgan fingerprint density at radius 1 is 1.03 bits per heavy atom. The summed E-state index contributed by atoms with van der Waals surface area (Å²) >= 11 is 0. The third kappa shape index (κ3) is 6.59. The lowest BCUT2D eigenvalue weighted by Crippen LogP contribution is -2.67. The Labute approximate surface area is 187 Å². The van der Waals surface area contributed by atoms with Crippen LogP contribution in [0.2, 0.25) is 0 Å². The van der Waals surface area contributed by atoms with E-state index in [0.717, 1.165) is 45.1 Å². The summed E-state index contributed by atoms with van der Waals surface area (Å²) in [6, 6.07) is -0.920. The summed E-state index contributed by atoms with van der Waals surface area (Å²) in [5.41, 5.74) is 5.58. The van der Waals surface area contributed by atoms with E-state index in [1.807, 2.05) is 4.90 Å². The molecule has 7 heteroatoms. The SMILES string of the molecule is CC(C)C[C@H]1C(=O)N(CC2CCCCC2)C[C@H](CC(N)=O)N1C(=O)NC1CCCCC1. The molecule has 2 atom stereocenters. The molecule has 4 amide bonds. The number of nitrogens with two attached hydrogens (primary N) is 1. The zero-order valence-corrected chi connectivity index (χ0v) is 19.5. The van der Waals surface area contributed by atoms with Crippen LogP contribution in [0.25, 0.3) is 0 Å². The molecule has 31 heavy (non-hydrogen) atoms. The van der Waals surface area contributed by atoms with Crippen molar-refractivity contribution in [3.05, 3.63) is 0 Å². The van der Waals surface area contributed by atoms with Gasteiger partial charge in [-0.2, -0.15) is 0 Å². The molecular weight excluding hydrogens is 392 g/mol. The summed E-state index contributed by atoms with van der Waals surface area (Å²) < 4.78 is 0. The zero-order chi connectivity index (χ0) is 22.4. The highest BCUT2D eigenvalue weighted by atomic mass is 16.2. The van der Waals surface area contributed by atoms with Gasteiger partial charge in [-0.1, -0.05) is 52.4 Å². The Morgan fingerprint density at radius 3 is 2.23 bits per heavy atom. The third-order valence-corrected chi connectivity index (χ3v) is 7.26. The van der Waals surface area contributed by atoms with Crippen LogP contribution in [-0.2, 0) is 9.59 Å². The Hall–Kier alpha value is -1.79. The Balaban J connectivity index is 1.79. The van der Waals surface area contributed by atoms with Crippen LogP contribution in [-0.4, -0.2) is 58.9 Å². The number of urea groups is 1. The number of nitrogens with zero attached hydrogens (tertiary/aromatic N) is 2. The number of primary amides is 1. The van der Waals surface area contributed by atoms with Crippen LogP contribution < -0.4 is 11.1 Å². The van der Waals surface area contributed by atoms with Crippen molar-refractivity contribution in [3.63, 3.8) is 0 Å². The van der Waals surface area contributed by atoms with Gasteiger partial charge < -0.3 is 20.9 Å². The minimum absolute atomic E-state index is 0.0405. The fourth-order valence-corrected chi connectivity index (χ4v) is 5.72. The van der Waals surface area contributed by atoms with Gasteiger partial charge in [-0.15, -0.1) is 0 Å². The second-order valence-corrected chi connectivity index (χ2v) is 10.4. The highest BCUT2D eigenvalue weighted by molar-refractivity contribution is 5.89. The van der Waals surface area contributed by atoms with Gasteiger partial charge in [0.05, 0.1) is 6.04 Å². The molecule has 0 bridgehead atoms. The highest BCUT2D eigenvalue weighted by Crippen LogP contribution is 2.29. The van der Waals surface area contributed by atoms with Crippen molar-refractivity contribution in [1.29, 1.82) is 0 Å². The van der Waals surface area contributed by atoms with Gasteiger partial charge >= 0.3 is 6.03 Å². The van der Waals surface area contributed by atoms with Gasteiger partial charge in [-0.25, -0.2) is 4.79 Å². The maximum Gasteiger partial charge on any atom is 0.318 e. The first kappa shape index (κ1) is 23.9. The van der Waals surface area contributed by atoms with E-state index in [9.17, 15) is 14.4 Å². The van der Waals surface area contributed by atoms with Crippen LogP contribution in [0, 0.1) is 11.8 Å². The topological polar surface area (TPSA) is 95.7 Å². The van der Waals surface area contributed by atoms with Crippen LogP contribution in [0.5, 0.6) is 0 Å². The monoisotopic (exact) mass is 434 g/mol. The van der Waals surface area contributed by atoms with E-state index in [1.165, 1.54) is 25.7 Å². The van der Waals surface area contributed by atoms with Crippen molar-refractivity contribution >= 4 is 17.8 Å². The molecule has 176 valence electrons. The number of carbonyl (C=O) groups excluding carboxylic acids is 3. The fourth-order valence-electron chi connectivity index (χ4n) is 5.72. The van der Waals surface area contributed by atoms with Crippen molar-refractivity contribution in [2.75, 3.05) is 13.1 Å². The van der Waals surface area contributed by atoms with Gasteiger partial charge in [-0.3, -0.25) is 9.59 Å². The lowest BCUT2D eigenvalue weighted by atomic mass is 9.87. The second-order valence-electron chi connectivity index (χ2n) is 10.4. The van der Waals surface area contributed by atoms with E-state index in [-0.39, 0.29) is 36.4 Å². The molecule has 3 N–H and O–H groups in total. The molecule has 3 fully saturated rings. The largest absolute Gasteiger partial charge is 0.370 e. The van der Waals surface area contributed by atoms with Crippen molar-refractivity contribution in [3.8, 4) is 0 Å². The third-order valence-electron chi connectivity index (χ3n) is 7.26. The van der Waals surface area contributed by atoms with E-state index in [1.54, 1.807) is 4.90 Å². The van der Waals surface area contributed by atoms with Gasteiger partial charge in [-0.05, 0) is 43.9 Å². The normalized spacial score (nSPS) is 26.4. The number of hydrogen-bond donors (Lipinski definition) is 2. The summed E-state index contributed by atoms with van der Waals surface area (Å²) in [5.74, 6) is 0.409. The number of rotatable bonds is 7. The van der Waals surface area contributed by atoms with E-state index in [4.69, 9.17) is 5.73 Å². The predicted molar refractivity (Wildman–Crippen MR) is 121 cm³/mol. The first-order chi connectivity index (χ1) is 14.8. The average Bonchev–Trinajstić information content (AvgIpc) is 2.72. The van der Waals surface area contributed by atoms with E-state index in [2.05, 4.69) is 19.2 Å². The molecule has 1 aliphatic heterocycles. The van der Waals surface area contributed by atoms with Gasteiger partial charge in [0, 0.05) is 25.6 Å². The summed E-state index contributed by atoms with van der Waals surface area (Å²) in [5, 5.41) is 3.18. The lowest BCUT2D eigenvalue weighted by Gasteiger charge is -2.47. The summed E-state index contributed by atoms with van der Waals surface area (Å²) in [7, 11) is 0. The van der Waals surface area contributed by atoms with Crippen molar-refractivity contribution in [1.82, 2.24) is 15.1 Å². The molecular formula is C24H42N4O3. The summed E-state index contributed by atoms with van der Waals surface area (Å²) in [6.07, 6.45) is 12.2. The predicted octanol–water partition coefficient (Wildman–Crippen LogP) is 3.41. The van der Waals surface area contributed by atoms with Gasteiger partial charge in [0.15, 0.2) is 0 Å². The summed E-state index contributed by atoms with van der Waals surface area (Å²) in [6.45, 7) is 5.30. The number of amides is 4. The Bertz CT molecular complexity index is 626. The summed E-state index contributed by atoms with van der Waals surface area (Å²) in [4.78, 5) is 42.4. The van der Waals surface area contributed by atoms with Crippen LogP contribution >= 0.6 is 0 Å². The molecule has 0 aromatic rings. The molecule has 3 aliphatic rings. The molecule has 0 spiro atoms. The molecule has 2 saturated carbocycles. The second kappa shape index (κ2) is 11.2. The quantitative estimate of drug-likeness (QED) is 0.643. The highest BCUT2D eigenvalue weighted by Gasteiger charge is 2.44. The van der Waals surface area contributed by atoms with E-state index >= 15 is 0 Å². The number of piperazine rings is 1. The molecule has 0 aromatic heterocycles. The smallest absolute Gasteiger partial charge is 0.318 e. The van der Waals surface area contributed by atoms with Crippen LogP contribution in [0.3, 0.4) is 0 Å². The molecule has 1 saturated heterocycles. The van der Waals surface area contributed by atoms with Crippen molar-refractivity contribution in [2.24, 2.45) is 17.6 Å². The lowest BCUT2D eigenvalue weighted by molar-refractivity contribution is -0.145. The molecule has 3 rings (SSSR count). The first-order valence-electron chi connectivity index (χ1n) is 12.5. The fraction of sp³-hybridized carbons (Fsp3) is 0.875. The average molecular weight is 435 g/mol. The molecule has 7 nitrogen and oxygen atoms in total. The van der Waals surface area contributed by atoms with Crippen LogP contribution in [0.15, 0.2) is 0 Å². The number of nitrogens with one attached hydrogen (secondary N) is 1. The van der Waals surface area contributed by atoms with Crippen LogP contribution in [0.1, 0.15) is 90.9 Å². The zero-order valence-electron chi connectivity index (χ0n) is 19.5. The maximum atomic E-state index is 13.6. The van der Waals surface area contributed by atoms with Crippen molar-refractivity contribution in [2.45, 2.75) is 109 Å². The van der Waals surface area contributed by atoms with Gasteiger partial charge in [0.25, 0.3) is 0 Å². The molecule has 0 unspecified atom stereocenters. The molecule has 0 radical (unpaired) electrons. The first-order valence-corrected chi connectivity index (χ1v) is 12.5. The number of carbonyl (C=O) groups is 3. The Kier molecular flexibility index (Phi) is 8.61. The standard InChI is InChI=1S/C24H42N4O3/c1-17(2)13-21-23(30)27(15-18-9-5-3-6-10-18)16-20(14-22(25)29)28(21)24(31)26-19-11-7-4-8-12-19/h17-21H,3-16H2,1-2H3,(H2,25,29)(H,26,31)/t20-,21-/m0/s1. The maximum absolute atomic E-state index is 13.6. The molecule has 1 heterocycles. The van der Waals surface area contributed by atoms with E-state index in [0.29, 0.717) is 18.9 Å². The van der Waals surface area contributed by atoms with Gasteiger partial charge in [0.2, 0.25) is 11.8 Å². The minimum Gasteiger partial charge on any atom is -0.370 e.